The second-order valence-corrected chi connectivity index (χ2v) is 7.88. The van der Waals surface area contributed by atoms with Crippen molar-refractivity contribution in [3.63, 3.8) is 0 Å². The minimum absolute atomic E-state index is 0.149. The van der Waals surface area contributed by atoms with Crippen LogP contribution in [-0.4, -0.2) is 27.2 Å². The van der Waals surface area contributed by atoms with Crippen molar-refractivity contribution in [2.45, 2.75) is 76.8 Å². The summed E-state index contributed by atoms with van der Waals surface area (Å²) in [6.07, 6.45) is 4.90. The van der Waals surface area contributed by atoms with Crippen LogP contribution in [0.3, 0.4) is 0 Å². The van der Waals surface area contributed by atoms with Gasteiger partial charge in [-0.15, -0.1) is 0 Å². The van der Waals surface area contributed by atoms with Crippen molar-refractivity contribution >= 4 is 0 Å². The lowest BCUT2D eigenvalue weighted by Crippen LogP contribution is -2.57. The zero-order valence-corrected chi connectivity index (χ0v) is 12.6. The van der Waals surface area contributed by atoms with Crippen LogP contribution < -0.4 is 0 Å². The van der Waals surface area contributed by atoms with Crippen LogP contribution in [-0.2, 0) is 4.74 Å². The van der Waals surface area contributed by atoms with Gasteiger partial charge in [-0.2, -0.15) is 0 Å². The van der Waals surface area contributed by atoms with E-state index in [2.05, 4.69) is 13.8 Å². The van der Waals surface area contributed by atoms with Gasteiger partial charge in [-0.3, -0.25) is 0 Å². The van der Waals surface area contributed by atoms with Gasteiger partial charge in [0.1, 0.15) is 0 Å². The molecule has 2 saturated carbocycles. The molecule has 0 aromatic rings. The van der Waals surface area contributed by atoms with Crippen LogP contribution in [0.5, 0.6) is 0 Å². The van der Waals surface area contributed by atoms with Crippen molar-refractivity contribution in [1.29, 1.82) is 0 Å². The van der Waals surface area contributed by atoms with E-state index in [0.717, 1.165) is 19.3 Å². The first-order chi connectivity index (χ1) is 8.68. The average molecular weight is 268 g/mol. The lowest BCUT2D eigenvalue weighted by Gasteiger charge is -2.55. The number of hydrogen-bond donors (Lipinski definition) is 2. The van der Waals surface area contributed by atoms with Gasteiger partial charge in [-0.1, -0.05) is 13.8 Å². The predicted molar refractivity (Wildman–Crippen MR) is 73.5 cm³/mol. The summed E-state index contributed by atoms with van der Waals surface area (Å²) in [7, 11) is 0. The molecule has 0 aromatic carbocycles. The molecule has 1 heterocycles. The van der Waals surface area contributed by atoms with Crippen LogP contribution in [0, 0.1) is 23.7 Å². The molecule has 0 radical (unpaired) electrons. The van der Waals surface area contributed by atoms with Crippen molar-refractivity contribution in [3.05, 3.63) is 0 Å². The van der Waals surface area contributed by atoms with Gasteiger partial charge in [-0.25, -0.2) is 0 Å². The fourth-order valence-corrected chi connectivity index (χ4v) is 5.30. The van der Waals surface area contributed by atoms with Crippen molar-refractivity contribution in [1.82, 2.24) is 0 Å². The van der Waals surface area contributed by atoms with E-state index in [1.54, 1.807) is 6.92 Å². The fourth-order valence-electron chi connectivity index (χ4n) is 5.30. The Labute approximate surface area is 116 Å². The summed E-state index contributed by atoms with van der Waals surface area (Å²) < 4.78 is 6.26. The monoisotopic (exact) mass is 268 g/mol. The van der Waals surface area contributed by atoms with E-state index in [4.69, 9.17) is 4.74 Å². The molecule has 3 heteroatoms. The normalized spacial score (nSPS) is 61.6. The highest BCUT2D eigenvalue weighted by Crippen LogP contribution is 2.62. The molecule has 0 aromatic heterocycles. The Morgan fingerprint density at radius 2 is 1.68 bits per heavy atom. The second-order valence-electron chi connectivity index (χ2n) is 7.88. The van der Waals surface area contributed by atoms with Crippen molar-refractivity contribution in [2.24, 2.45) is 23.7 Å². The van der Waals surface area contributed by atoms with Crippen molar-refractivity contribution in [2.75, 3.05) is 0 Å². The van der Waals surface area contributed by atoms with Crippen molar-refractivity contribution in [3.8, 4) is 0 Å². The van der Waals surface area contributed by atoms with E-state index in [-0.39, 0.29) is 11.5 Å². The largest absolute Gasteiger partial charge is 0.390 e. The molecule has 1 spiro atoms. The minimum atomic E-state index is -1.04. The van der Waals surface area contributed by atoms with Gasteiger partial charge in [0.15, 0.2) is 5.79 Å². The molecule has 110 valence electrons. The highest BCUT2D eigenvalue weighted by atomic mass is 16.6. The molecule has 0 amide bonds. The molecule has 2 N–H and O–H groups in total. The molecule has 0 bridgehead atoms. The van der Waals surface area contributed by atoms with E-state index in [1.807, 2.05) is 6.92 Å². The molecule has 1 saturated heterocycles. The number of rotatable bonds is 0. The third-order valence-corrected chi connectivity index (χ3v) is 6.37. The van der Waals surface area contributed by atoms with Gasteiger partial charge in [-0.05, 0) is 57.3 Å². The van der Waals surface area contributed by atoms with Crippen LogP contribution in [0.15, 0.2) is 0 Å². The Bertz CT molecular complexity index is 372. The number of ether oxygens (including phenoxy) is 1. The molecular weight excluding hydrogens is 240 g/mol. The smallest absolute Gasteiger partial charge is 0.166 e. The molecule has 3 rings (SSSR count). The summed E-state index contributed by atoms with van der Waals surface area (Å²) in [6, 6.07) is 0. The molecule has 1 aliphatic heterocycles. The van der Waals surface area contributed by atoms with Crippen LogP contribution in [0.4, 0.5) is 0 Å². The first kappa shape index (κ1) is 13.8. The zero-order valence-electron chi connectivity index (χ0n) is 12.6. The summed E-state index contributed by atoms with van der Waals surface area (Å²) in [5.74, 6) is 0.614. The van der Waals surface area contributed by atoms with E-state index in [1.165, 1.54) is 6.42 Å². The summed E-state index contributed by atoms with van der Waals surface area (Å²) in [5, 5.41) is 21.1. The number of hydrogen-bond acceptors (Lipinski definition) is 3. The molecule has 19 heavy (non-hydrogen) atoms. The number of aliphatic hydroxyl groups is 2. The topological polar surface area (TPSA) is 49.7 Å². The molecule has 3 nitrogen and oxygen atoms in total. The Balaban J connectivity index is 2.02. The Kier molecular flexibility index (Phi) is 2.88. The summed E-state index contributed by atoms with van der Waals surface area (Å²) in [4.78, 5) is 0. The Morgan fingerprint density at radius 1 is 1.00 bits per heavy atom. The van der Waals surface area contributed by atoms with Crippen molar-refractivity contribution < 1.29 is 14.9 Å². The van der Waals surface area contributed by atoms with E-state index in [9.17, 15) is 10.2 Å². The standard InChI is InChI=1S/C16H28O3/c1-10-5-6-13-11(2)15(4,18)19-16(13)9-14(3,17)8-7-12(10)16/h10-13,17-18H,5-9H2,1-4H3/t10-,11-,12+,13+,14+,15+,16+/m1/s1. The molecule has 3 aliphatic rings. The quantitative estimate of drug-likeness (QED) is 0.710. The SMILES string of the molecule is C[C@@H]1CC[C@H]2[C@@H](C)[C@@](C)(O)O[C@]23C[C@@](C)(O)CC[C@@H]13. The van der Waals surface area contributed by atoms with Gasteiger partial charge < -0.3 is 14.9 Å². The summed E-state index contributed by atoms with van der Waals surface area (Å²) in [5.41, 5.74) is -0.950. The zero-order chi connectivity index (χ0) is 14.1. The summed E-state index contributed by atoms with van der Waals surface area (Å²) in [6.45, 7) is 8.14. The van der Waals surface area contributed by atoms with E-state index >= 15 is 0 Å². The highest BCUT2D eigenvalue weighted by molar-refractivity contribution is 5.12. The molecule has 0 unspecified atom stereocenters. The van der Waals surface area contributed by atoms with Gasteiger partial charge in [0.25, 0.3) is 0 Å². The van der Waals surface area contributed by atoms with Crippen LogP contribution in [0.2, 0.25) is 0 Å². The lowest BCUT2D eigenvalue weighted by atomic mass is 9.54. The highest BCUT2D eigenvalue weighted by Gasteiger charge is 2.66. The Morgan fingerprint density at radius 3 is 2.37 bits per heavy atom. The van der Waals surface area contributed by atoms with Crippen LogP contribution in [0.1, 0.15) is 59.8 Å². The van der Waals surface area contributed by atoms with Crippen LogP contribution in [0.25, 0.3) is 0 Å². The van der Waals surface area contributed by atoms with Gasteiger partial charge in [0.2, 0.25) is 0 Å². The van der Waals surface area contributed by atoms with Gasteiger partial charge in [0, 0.05) is 12.3 Å². The third kappa shape index (κ3) is 1.89. The maximum absolute atomic E-state index is 10.6. The predicted octanol–water partition coefficient (Wildman–Crippen LogP) is 2.70. The molecular formula is C16H28O3. The first-order valence-electron chi connectivity index (χ1n) is 7.83. The lowest BCUT2D eigenvalue weighted by molar-refractivity contribution is -0.268. The van der Waals surface area contributed by atoms with Gasteiger partial charge in [0.05, 0.1) is 11.2 Å². The average Bonchev–Trinajstić information content (AvgIpc) is 2.43. The van der Waals surface area contributed by atoms with E-state index < -0.39 is 11.4 Å². The molecule has 2 aliphatic carbocycles. The Hall–Kier alpha value is -0.120. The molecule has 3 fully saturated rings. The van der Waals surface area contributed by atoms with Crippen LogP contribution >= 0.6 is 0 Å². The summed E-state index contributed by atoms with van der Waals surface area (Å²) >= 11 is 0. The minimum Gasteiger partial charge on any atom is -0.390 e. The fraction of sp³-hybridized carbons (Fsp3) is 1.00. The van der Waals surface area contributed by atoms with E-state index in [0.29, 0.717) is 24.2 Å². The maximum atomic E-state index is 10.6. The van der Waals surface area contributed by atoms with Gasteiger partial charge >= 0.3 is 0 Å². The third-order valence-electron chi connectivity index (χ3n) is 6.37. The maximum Gasteiger partial charge on any atom is 0.166 e. The first-order valence-corrected chi connectivity index (χ1v) is 7.83. The second kappa shape index (κ2) is 3.96. The molecule has 7 atom stereocenters.